The summed E-state index contributed by atoms with van der Waals surface area (Å²) in [4.78, 5) is 0. The Balaban J connectivity index is 0. The quantitative estimate of drug-likeness (QED) is 0.341. The minimum atomic E-state index is -3.16. The van der Waals surface area contributed by atoms with E-state index >= 15 is 0 Å². The molecule has 0 aromatic rings. The third-order valence-electron chi connectivity index (χ3n) is 3.60. The van der Waals surface area contributed by atoms with Crippen molar-refractivity contribution in [2.75, 3.05) is 21.3 Å². The molecule has 0 aromatic heterocycles. The van der Waals surface area contributed by atoms with E-state index in [1.807, 2.05) is 0 Å². The zero-order valence-electron chi connectivity index (χ0n) is 16.2. The normalized spacial score (nSPS) is 12.0. The molecule has 5 nitrogen and oxygen atoms in total. The highest BCUT2D eigenvalue weighted by Crippen LogP contribution is 2.46. The molecule has 0 heterocycles. The van der Waals surface area contributed by atoms with Crippen molar-refractivity contribution in [1.82, 2.24) is 0 Å². The van der Waals surface area contributed by atoms with Crippen molar-refractivity contribution < 1.29 is 18.1 Å². The van der Waals surface area contributed by atoms with Gasteiger partial charge in [0.05, 0.1) is 0 Å². The lowest BCUT2D eigenvalue weighted by molar-refractivity contribution is 0.178. The van der Waals surface area contributed by atoms with Gasteiger partial charge < -0.3 is 5.73 Å². The fourth-order valence-corrected chi connectivity index (χ4v) is 2.56. The molecule has 142 valence electrons. The molecule has 0 unspecified atom stereocenters. The van der Waals surface area contributed by atoms with Gasteiger partial charge in [0.15, 0.2) is 0 Å². The molecule has 0 amide bonds. The number of unbranched alkanes of at least 4 members (excludes halogenated alkanes) is 8. The van der Waals surface area contributed by atoms with Crippen molar-refractivity contribution >= 4 is 7.82 Å². The lowest BCUT2D eigenvalue weighted by atomic mass is 9.97. The van der Waals surface area contributed by atoms with Crippen LogP contribution in [0, 0.1) is 0 Å². The molecule has 0 rings (SSSR count). The van der Waals surface area contributed by atoms with E-state index in [9.17, 15) is 4.57 Å². The van der Waals surface area contributed by atoms with Crippen molar-refractivity contribution in [1.29, 1.82) is 0 Å². The first-order valence-electron chi connectivity index (χ1n) is 8.80. The van der Waals surface area contributed by atoms with Gasteiger partial charge in [0, 0.05) is 26.9 Å². The van der Waals surface area contributed by atoms with Crippen LogP contribution in [0.3, 0.4) is 0 Å². The van der Waals surface area contributed by atoms with Gasteiger partial charge in [-0.25, -0.2) is 4.57 Å². The monoisotopic (exact) mass is 353 g/mol. The second-order valence-electron chi connectivity index (χ2n) is 6.56. The molecule has 0 saturated heterocycles. The number of rotatable bonds is 13. The van der Waals surface area contributed by atoms with Gasteiger partial charge in [0.1, 0.15) is 0 Å². The summed E-state index contributed by atoms with van der Waals surface area (Å²) in [7, 11) is 0.611. The Hall–Kier alpha value is 0.0700. The Morgan fingerprint density at radius 3 is 1.39 bits per heavy atom. The highest BCUT2D eigenvalue weighted by atomic mass is 31.2. The Morgan fingerprint density at radius 2 is 1.13 bits per heavy atom. The predicted molar refractivity (Wildman–Crippen MR) is 98.7 cm³/mol. The maximum Gasteiger partial charge on any atom is 0.473 e. The molecule has 23 heavy (non-hydrogen) atoms. The molecule has 0 aromatic carbocycles. The predicted octanol–water partition coefficient (Wildman–Crippen LogP) is 5.68. The average molecular weight is 353 g/mol. The summed E-state index contributed by atoms with van der Waals surface area (Å²) in [6.45, 7) is 6.52. The van der Waals surface area contributed by atoms with E-state index in [0.717, 1.165) is 0 Å². The summed E-state index contributed by atoms with van der Waals surface area (Å²) >= 11 is 0. The minimum Gasteiger partial charge on any atom is -0.326 e. The highest BCUT2D eigenvalue weighted by Gasteiger charge is 2.18. The van der Waals surface area contributed by atoms with Gasteiger partial charge in [-0.05, 0) is 20.3 Å². The molecule has 0 spiro atoms. The summed E-state index contributed by atoms with van der Waals surface area (Å²) in [6.07, 6.45) is 13.8. The number of hydrogen-bond acceptors (Lipinski definition) is 5. The van der Waals surface area contributed by atoms with Crippen LogP contribution in [0.2, 0.25) is 0 Å². The molecule has 0 bridgehead atoms. The van der Waals surface area contributed by atoms with Crippen molar-refractivity contribution in [3.8, 4) is 0 Å². The highest BCUT2D eigenvalue weighted by molar-refractivity contribution is 7.48. The van der Waals surface area contributed by atoms with E-state index in [1.54, 1.807) is 0 Å². The van der Waals surface area contributed by atoms with Gasteiger partial charge in [0.2, 0.25) is 0 Å². The number of hydrogen-bond donors (Lipinski definition) is 1. The molecule has 0 saturated carbocycles. The minimum absolute atomic E-state index is 0.0428. The maximum absolute atomic E-state index is 10.7. The first kappa shape index (κ1) is 25.3. The van der Waals surface area contributed by atoms with Crippen LogP contribution in [0.1, 0.15) is 85.0 Å². The fraction of sp³-hybridized carbons (Fsp3) is 1.00. The van der Waals surface area contributed by atoms with Crippen molar-refractivity contribution in [2.45, 2.75) is 90.5 Å². The molecular formula is C17H40NO4P. The Labute approximate surface area is 144 Å². The maximum atomic E-state index is 10.7. The third kappa shape index (κ3) is 20.0. The third-order valence-corrected chi connectivity index (χ3v) is 4.94. The Kier molecular flexibility index (Phi) is 17.2. The topological polar surface area (TPSA) is 70.8 Å². The van der Waals surface area contributed by atoms with Crippen LogP contribution in [0.25, 0.3) is 0 Å². The molecule has 0 aliphatic heterocycles. The summed E-state index contributed by atoms with van der Waals surface area (Å²) in [5, 5.41) is 0. The van der Waals surface area contributed by atoms with Gasteiger partial charge in [0.25, 0.3) is 0 Å². The van der Waals surface area contributed by atoms with Gasteiger partial charge in [-0.1, -0.05) is 64.7 Å². The Morgan fingerprint density at radius 1 is 0.783 bits per heavy atom. The van der Waals surface area contributed by atoms with Crippen LogP contribution >= 0.6 is 7.82 Å². The number of phosphoric acid groups is 1. The molecule has 6 heteroatoms. The largest absolute Gasteiger partial charge is 0.473 e. The molecule has 0 radical (unpaired) electrons. The standard InChI is InChI=1S/C14H31N.C3H9O4P/c1-4-5-6-7-8-9-10-11-12-13-14(2,3)15;1-5-8(4,6-2)7-3/h4-13,15H2,1-3H3;1-3H3. The summed E-state index contributed by atoms with van der Waals surface area (Å²) in [5.41, 5.74) is 5.97. The summed E-state index contributed by atoms with van der Waals surface area (Å²) in [6, 6.07) is 0. The smallest absolute Gasteiger partial charge is 0.326 e. The van der Waals surface area contributed by atoms with Crippen LogP contribution in [-0.4, -0.2) is 26.9 Å². The van der Waals surface area contributed by atoms with E-state index in [4.69, 9.17) is 5.73 Å². The molecular weight excluding hydrogens is 313 g/mol. The zero-order chi connectivity index (χ0) is 18.2. The molecule has 0 atom stereocenters. The van der Waals surface area contributed by atoms with E-state index in [-0.39, 0.29) is 5.54 Å². The molecule has 2 N–H and O–H groups in total. The first-order valence-corrected chi connectivity index (χ1v) is 10.3. The van der Waals surface area contributed by atoms with Crippen LogP contribution in [0.5, 0.6) is 0 Å². The van der Waals surface area contributed by atoms with Crippen molar-refractivity contribution in [3.05, 3.63) is 0 Å². The van der Waals surface area contributed by atoms with E-state index < -0.39 is 7.82 Å². The fourth-order valence-electron chi connectivity index (χ4n) is 2.11. The summed E-state index contributed by atoms with van der Waals surface area (Å²) < 4.78 is 23.7. The Bertz CT molecular complexity index is 274. The number of phosphoric ester groups is 1. The van der Waals surface area contributed by atoms with E-state index in [2.05, 4.69) is 34.3 Å². The second-order valence-corrected chi connectivity index (χ2v) is 8.55. The van der Waals surface area contributed by atoms with Crippen LogP contribution in [-0.2, 0) is 18.1 Å². The lowest BCUT2D eigenvalue weighted by Gasteiger charge is -2.17. The van der Waals surface area contributed by atoms with Crippen molar-refractivity contribution in [3.63, 3.8) is 0 Å². The SMILES string of the molecule is CCCCCCCCCCCC(C)(C)N.COP(=O)(OC)OC. The van der Waals surface area contributed by atoms with Crippen LogP contribution in [0.15, 0.2) is 0 Å². The summed E-state index contributed by atoms with van der Waals surface area (Å²) in [5.74, 6) is 0. The van der Waals surface area contributed by atoms with Crippen LogP contribution in [0.4, 0.5) is 0 Å². The molecule has 0 fully saturated rings. The molecule has 0 aliphatic rings. The lowest BCUT2D eigenvalue weighted by Crippen LogP contribution is -2.31. The number of nitrogens with two attached hydrogens (primary N) is 1. The van der Waals surface area contributed by atoms with E-state index in [0.29, 0.717) is 0 Å². The van der Waals surface area contributed by atoms with Gasteiger partial charge >= 0.3 is 7.82 Å². The van der Waals surface area contributed by atoms with Crippen molar-refractivity contribution in [2.24, 2.45) is 5.73 Å². The van der Waals surface area contributed by atoms with Gasteiger partial charge in [-0.15, -0.1) is 0 Å². The second kappa shape index (κ2) is 15.6. The van der Waals surface area contributed by atoms with Gasteiger partial charge in [-0.2, -0.15) is 0 Å². The average Bonchev–Trinajstić information content (AvgIpc) is 2.52. The first-order chi connectivity index (χ1) is 10.7. The van der Waals surface area contributed by atoms with E-state index in [1.165, 1.54) is 85.5 Å². The zero-order valence-corrected chi connectivity index (χ0v) is 17.1. The molecule has 0 aliphatic carbocycles. The van der Waals surface area contributed by atoms with Gasteiger partial charge in [-0.3, -0.25) is 13.6 Å². The van der Waals surface area contributed by atoms with Crippen LogP contribution < -0.4 is 5.73 Å².